The fraction of sp³-hybridized carbons (Fsp3) is 0.182. The molecular formula is C11H10N2O2. The van der Waals surface area contributed by atoms with Gasteiger partial charge in [0.2, 0.25) is 5.91 Å². The first-order valence-corrected chi connectivity index (χ1v) is 4.83. The standard InChI is InChI=1S/C11H10N2O2/c14-9-2-1-7-3-8-5-12-6-11(15)13(8)10(7)4-9/h1-4,12,14H,5-6H2. The van der Waals surface area contributed by atoms with Crippen molar-refractivity contribution in [2.24, 2.45) is 0 Å². The van der Waals surface area contributed by atoms with Crippen molar-refractivity contribution in [3.8, 4) is 5.75 Å². The van der Waals surface area contributed by atoms with Gasteiger partial charge in [-0.2, -0.15) is 0 Å². The normalized spacial score (nSPS) is 15.6. The Morgan fingerprint density at radius 2 is 2.13 bits per heavy atom. The number of phenols is 1. The molecule has 4 heteroatoms. The molecule has 3 rings (SSSR count). The molecule has 0 bridgehead atoms. The van der Waals surface area contributed by atoms with Gasteiger partial charge in [0.25, 0.3) is 0 Å². The van der Waals surface area contributed by atoms with Crippen LogP contribution in [0.4, 0.5) is 0 Å². The molecule has 0 aliphatic carbocycles. The third-order valence-electron chi connectivity index (χ3n) is 2.70. The van der Waals surface area contributed by atoms with Gasteiger partial charge >= 0.3 is 0 Å². The number of fused-ring (bicyclic) bond motifs is 3. The average molecular weight is 202 g/mol. The molecule has 15 heavy (non-hydrogen) atoms. The first-order valence-electron chi connectivity index (χ1n) is 4.83. The number of carbonyl (C=O) groups is 1. The van der Waals surface area contributed by atoms with Crippen molar-refractivity contribution in [2.75, 3.05) is 6.54 Å². The van der Waals surface area contributed by atoms with Crippen LogP contribution in [0.5, 0.6) is 5.75 Å². The van der Waals surface area contributed by atoms with E-state index in [1.165, 1.54) is 0 Å². The zero-order valence-electron chi connectivity index (χ0n) is 8.03. The molecule has 0 radical (unpaired) electrons. The van der Waals surface area contributed by atoms with Crippen molar-refractivity contribution in [1.29, 1.82) is 0 Å². The van der Waals surface area contributed by atoms with Crippen LogP contribution in [0.25, 0.3) is 10.9 Å². The molecule has 1 aromatic heterocycles. The summed E-state index contributed by atoms with van der Waals surface area (Å²) in [4.78, 5) is 11.7. The SMILES string of the molecule is O=C1CNCc2cc3ccc(O)cc3n21. The van der Waals surface area contributed by atoms with E-state index in [-0.39, 0.29) is 11.7 Å². The van der Waals surface area contributed by atoms with Gasteiger partial charge in [0, 0.05) is 23.7 Å². The van der Waals surface area contributed by atoms with Crippen LogP contribution in [-0.2, 0) is 6.54 Å². The topological polar surface area (TPSA) is 54.3 Å². The van der Waals surface area contributed by atoms with Crippen LogP contribution in [0.1, 0.15) is 10.5 Å². The minimum Gasteiger partial charge on any atom is -0.508 e. The molecule has 2 N–H and O–H groups in total. The van der Waals surface area contributed by atoms with Crippen LogP contribution in [0.15, 0.2) is 24.3 Å². The molecule has 1 aromatic carbocycles. The lowest BCUT2D eigenvalue weighted by atomic mass is 10.2. The minimum atomic E-state index is 0.0249. The van der Waals surface area contributed by atoms with Crippen molar-refractivity contribution in [1.82, 2.24) is 9.88 Å². The lowest BCUT2D eigenvalue weighted by molar-refractivity contribution is 0.0900. The summed E-state index contributed by atoms with van der Waals surface area (Å²) in [5.41, 5.74) is 1.74. The summed E-state index contributed by atoms with van der Waals surface area (Å²) in [6.07, 6.45) is 0. The molecule has 0 saturated carbocycles. The monoisotopic (exact) mass is 202 g/mol. The highest BCUT2D eigenvalue weighted by molar-refractivity contribution is 5.95. The smallest absolute Gasteiger partial charge is 0.245 e. The Kier molecular flexibility index (Phi) is 1.61. The van der Waals surface area contributed by atoms with Crippen LogP contribution >= 0.6 is 0 Å². The average Bonchev–Trinajstić information content (AvgIpc) is 2.57. The third kappa shape index (κ3) is 1.15. The Morgan fingerprint density at radius 3 is 3.00 bits per heavy atom. The molecule has 0 saturated heterocycles. The first kappa shape index (κ1) is 8.49. The van der Waals surface area contributed by atoms with Gasteiger partial charge in [0.05, 0.1) is 12.1 Å². The van der Waals surface area contributed by atoms with Crippen LogP contribution in [0.3, 0.4) is 0 Å². The number of aromatic nitrogens is 1. The highest BCUT2D eigenvalue weighted by atomic mass is 16.3. The molecule has 1 aliphatic rings. The van der Waals surface area contributed by atoms with E-state index in [4.69, 9.17) is 0 Å². The molecule has 4 nitrogen and oxygen atoms in total. The number of rotatable bonds is 0. The van der Waals surface area contributed by atoms with Crippen molar-refractivity contribution >= 4 is 16.8 Å². The fourth-order valence-electron chi connectivity index (χ4n) is 2.05. The lowest BCUT2D eigenvalue weighted by Gasteiger charge is -2.15. The minimum absolute atomic E-state index is 0.0249. The summed E-state index contributed by atoms with van der Waals surface area (Å²) in [6.45, 7) is 1.05. The van der Waals surface area contributed by atoms with Gasteiger partial charge in [-0.05, 0) is 18.2 Å². The third-order valence-corrected chi connectivity index (χ3v) is 2.70. The fourth-order valence-corrected chi connectivity index (χ4v) is 2.05. The maximum Gasteiger partial charge on any atom is 0.245 e. The second-order valence-corrected chi connectivity index (χ2v) is 3.71. The molecule has 1 aliphatic heterocycles. The van der Waals surface area contributed by atoms with Gasteiger partial charge in [0.1, 0.15) is 5.75 Å². The quantitative estimate of drug-likeness (QED) is 0.672. The van der Waals surface area contributed by atoms with Crippen molar-refractivity contribution in [3.05, 3.63) is 30.0 Å². The Labute approximate surface area is 86.1 Å². The van der Waals surface area contributed by atoms with Crippen molar-refractivity contribution in [3.63, 3.8) is 0 Å². The lowest BCUT2D eigenvalue weighted by Crippen LogP contribution is -2.34. The second kappa shape index (κ2) is 2.84. The van der Waals surface area contributed by atoms with E-state index >= 15 is 0 Å². The molecule has 2 heterocycles. The van der Waals surface area contributed by atoms with E-state index in [1.807, 2.05) is 12.1 Å². The highest BCUT2D eigenvalue weighted by Crippen LogP contribution is 2.25. The number of phenolic OH excluding ortho intramolecular Hbond substituents is 1. The molecule has 0 atom stereocenters. The van der Waals surface area contributed by atoms with Crippen LogP contribution in [0, 0.1) is 0 Å². The summed E-state index contributed by atoms with van der Waals surface area (Å²) in [5.74, 6) is 0.214. The maximum absolute atomic E-state index is 11.7. The Morgan fingerprint density at radius 1 is 1.27 bits per heavy atom. The number of nitrogens with zero attached hydrogens (tertiary/aromatic N) is 1. The zero-order valence-corrected chi connectivity index (χ0v) is 8.03. The largest absolute Gasteiger partial charge is 0.508 e. The summed E-state index contributed by atoms with van der Waals surface area (Å²) >= 11 is 0. The van der Waals surface area contributed by atoms with E-state index in [2.05, 4.69) is 5.32 Å². The molecule has 76 valence electrons. The number of carbonyl (C=O) groups excluding carboxylic acids is 1. The predicted octanol–water partition coefficient (Wildman–Crippen LogP) is 1.09. The Bertz CT molecular complexity index is 557. The van der Waals surface area contributed by atoms with Gasteiger partial charge in [-0.1, -0.05) is 0 Å². The van der Waals surface area contributed by atoms with Gasteiger partial charge < -0.3 is 10.4 Å². The number of nitrogens with one attached hydrogen (secondary N) is 1. The van der Waals surface area contributed by atoms with Gasteiger partial charge in [-0.3, -0.25) is 9.36 Å². The zero-order chi connectivity index (χ0) is 10.4. The number of aromatic hydroxyl groups is 1. The van der Waals surface area contributed by atoms with Gasteiger partial charge in [-0.15, -0.1) is 0 Å². The summed E-state index contributed by atoms with van der Waals surface area (Å²) in [5, 5.41) is 13.4. The number of hydrogen-bond donors (Lipinski definition) is 2. The summed E-state index contributed by atoms with van der Waals surface area (Å²) in [6, 6.07) is 7.05. The van der Waals surface area contributed by atoms with Crippen molar-refractivity contribution < 1.29 is 9.90 Å². The number of hydrogen-bond acceptors (Lipinski definition) is 3. The Hall–Kier alpha value is -1.81. The Balaban J connectivity index is 2.38. The first-order chi connectivity index (χ1) is 7.25. The summed E-state index contributed by atoms with van der Waals surface area (Å²) in [7, 11) is 0. The van der Waals surface area contributed by atoms with E-state index in [1.54, 1.807) is 16.7 Å². The molecule has 0 spiro atoms. The molecular weight excluding hydrogens is 192 g/mol. The van der Waals surface area contributed by atoms with E-state index in [0.29, 0.717) is 13.1 Å². The molecule has 0 fully saturated rings. The van der Waals surface area contributed by atoms with Gasteiger partial charge in [-0.25, -0.2) is 0 Å². The van der Waals surface area contributed by atoms with E-state index in [0.717, 1.165) is 16.6 Å². The molecule has 0 amide bonds. The number of benzene rings is 1. The van der Waals surface area contributed by atoms with E-state index in [9.17, 15) is 9.90 Å². The van der Waals surface area contributed by atoms with Crippen LogP contribution < -0.4 is 5.32 Å². The second-order valence-electron chi connectivity index (χ2n) is 3.71. The van der Waals surface area contributed by atoms with Crippen LogP contribution in [-0.4, -0.2) is 22.1 Å². The van der Waals surface area contributed by atoms with Gasteiger partial charge in [0.15, 0.2) is 0 Å². The molecule has 0 unspecified atom stereocenters. The maximum atomic E-state index is 11.7. The summed E-state index contributed by atoms with van der Waals surface area (Å²) < 4.78 is 1.67. The van der Waals surface area contributed by atoms with Crippen molar-refractivity contribution in [2.45, 2.75) is 6.54 Å². The highest BCUT2D eigenvalue weighted by Gasteiger charge is 2.18. The van der Waals surface area contributed by atoms with Crippen LogP contribution in [0.2, 0.25) is 0 Å². The predicted molar refractivity (Wildman–Crippen MR) is 55.9 cm³/mol. The van der Waals surface area contributed by atoms with E-state index < -0.39 is 0 Å². The molecule has 2 aromatic rings.